The van der Waals surface area contributed by atoms with Crippen molar-refractivity contribution in [2.45, 2.75) is 18.4 Å². The predicted octanol–water partition coefficient (Wildman–Crippen LogP) is 4.76. The third-order valence-corrected chi connectivity index (χ3v) is 5.83. The Hall–Kier alpha value is -4.00. The number of alkyl carbamates (subject to hydrolysis) is 1. The number of ether oxygens (including phenoxy) is 3. The Morgan fingerprint density at radius 1 is 0.879 bits per heavy atom. The molecule has 1 aliphatic rings. The molecule has 0 spiro atoms. The van der Waals surface area contributed by atoms with Crippen molar-refractivity contribution in [1.82, 2.24) is 5.32 Å². The molecule has 0 aromatic heterocycles. The van der Waals surface area contributed by atoms with Gasteiger partial charge in [-0.2, -0.15) is 0 Å². The summed E-state index contributed by atoms with van der Waals surface area (Å²) >= 11 is 0. The number of rotatable bonds is 8. The lowest BCUT2D eigenvalue weighted by Gasteiger charge is -2.22. The van der Waals surface area contributed by atoms with Crippen molar-refractivity contribution >= 4 is 12.1 Å². The molecule has 1 aliphatic carbocycles. The summed E-state index contributed by atoms with van der Waals surface area (Å²) in [5, 5.41) is 12.1. The minimum Gasteiger partial charge on any atom is -0.496 e. The zero-order valence-electron chi connectivity index (χ0n) is 18.4. The van der Waals surface area contributed by atoms with Gasteiger partial charge >= 0.3 is 12.1 Å². The van der Waals surface area contributed by atoms with E-state index >= 15 is 0 Å². The van der Waals surface area contributed by atoms with Gasteiger partial charge in [0.1, 0.15) is 18.1 Å². The van der Waals surface area contributed by atoms with Crippen LogP contribution in [0.25, 0.3) is 11.1 Å². The van der Waals surface area contributed by atoms with Crippen LogP contribution in [0.3, 0.4) is 0 Å². The third kappa shape index (κ3) is 4.48. The third-order valence-electron chi connectivity index (χ3n) is 5.83. The van der Waals surface area contributed by atoms with E-state index in [0.29, 0.717) is 17.1 Å². The number of fused-ring (bicyclic) bond motifs is 3. The number of nitrogens with one attached hydrogen (secondary N) is 1. The molecule has 4 rings (SSSR count). The highest BCUT2D eigenvalue weighted by Gasteiger charge is 2.30. The van der Waals surface area contributed by atoms with Crippen molar-refractivity contribution in [2.24, 2.45) is 0 Å². The molecule has 7 heteroatoms. The van der Waals surface area contributed by atoms with E-state index in [-0.39, 0.29) is 18.9 Å². The van der Waals surface area contributed by atoms with Crippen molar-refractivity contribution in [3.05, 3.63) is 83.4 Å². The minimum atomic E-state index is -1.08. The first-order valence-corrected chi connectivity index (χ1v) is 10.6. The molecule has 0 fully saturated rings. The molecule has 0 saturated carbocycles. The van der Waals surface area contributed by atoms with Crippen molar-refractivity contribution in [3.8, 4) is 22.6 Å². The van der Waals surface area contributed by atoms with Crippen LogP contribution in [-0.4, -0.2) is 38.0 Å². The molecule has 1 atom stereocenters. The summed E-state index contributed by atoms with van der Waals surface area (Å²) in [6.07, 6.45) is -1.07. The van der Waals surface area contributed by atoms with Crippen molar-refractivity contribution in [2.75, 3.05) is 20.8 Å². The van der Waals surface area contributed by atoms with Crippen molar-refractivity contribution in [3.63, 3.8) is 0 Å². The highest BCUT2D eigenvalue weighted by atomic mass is 16.5. The molecule has 1 amide bonds. The molecule has 0 bridgehead atoms. The number of carboxylic acid groups (broad SMARTS) is 1. The molecule has 0 aliphatic heterocycles. The topological polar surface area (TPSA) is 94.1 Å². The van der Waals surface area contributed by atoms with E-state index in [0.717, 1.165) is 22.3 Å². The van der Waals surface area contributed by atoms with Gasteiger partial charge in [0.05, 0.1) is 32.2 Å². The first-order valence-electron chi connectivity index (χ1n) is 10.6. The average molecular weight is 447 g/mol. The molecule has 3 aromatic carbocycles. The lowest BCUT2D eigenvalue weighted by molar-refractivity contribution is -0.137. The van der Waals surface area contributed by atoms with E-state index in [1.54, 1.807) is 18.2 Å². The smallest absolute Gasteiger partial charge is 0.407 e. The number of carbonyl (C=O) groups excluding carboxylic acids is 1. The van der Waals surface area contributed by atoms with Gasteiger partial charge in [0.2, 0.25) is 0 Å². The molecule has 7 nitrogen and oxygen atoms in total. The van der Waals surface area contributed by atoms with Gasteiger partial charge in [-0.05, 0) is 34.4 Å². The van der Waals surface area contributed by atoms with Crippen molar-refractivity contribution < 1.29 is 28.9 Å². The first kappa shape index (κ1) is 22.2. The molecule has 3 aromatic rings. The molecule has 2 N–H and O–H groups in total. The zero-order chi connectivity index (χ0) is 23.4. The van der Waals surface area contributed by atoms with Crippen LogP contribution in [0.5, 0.6) is 11.5 Å². The molecule has 0 radical (unpaired) electrons. The fraction of sp³-hybridized carbons (Fsp3) is 0.231. The van der Waals surface area contributed by atoms with Gasteiger partial charge in [-0.1, -0.05) is 54.6 Å². The van der Waals surface area contributed by atoms with Gasteiger partial charge < -0.3 is 24.6 Å². The Labute approximate surface area is 191 Å². The fourth-order valence-electron chi connectivity index (χ4n) is 4.41. The normalized spacial score (nSPS) is 12.9. The fourth-order valence-corrected chi connectivity index (χ4v) is 4.41. The Kier molecular flexibility index (Phi) is 6.49. The van der Waals surface area contributed by atoms with Gasteiger partial charge in [0.15, 0.2) is 0 Å². The van der Waals surface area contributed by atoms with Crippen LogP contribution in [0.15, 0.2) is 66.7 Å². The monoisotopic (exact) mass is 447 g/mol. The van der Waals surface area contributed by atoms with Crippen LogP contribution in [0.4, 0.5) is 4.79 Å². The molecule has 33 heavy (non-hydrogen) atoms. The second kappa shape index (κ2) is 9.65. The second-order valence-electron chi connectivity index (χ2n) is 7.70. The Morgan fingerprint density at radius 2 is 1.42 bits per heavy atom. The summed E-state index contributed by atoms with van der Waals surface area (Å²) in [6.45, 7) is 0.128. The number of methoxy groups -OCH3 is 2. The SMILES string of the molecule is COc1cccc(OC)c1[C@H](CC(=O)O)NC(=O)OCC1c2ccccc2-c2ccccc21. The maximum atomic E-state index is 12.8. The largest absolute Gasteiger partial charge is 0.496 e. The molecule has 0 unspecified atom stereocenters. The lowest BCUT2D eigenvalue weighted by atomic mass is 9.98. The number of hydrogen-bond donors (Lipinski definition) is 2. The summed E-state index contributed by atoms with van der Waals surface area (Å²) in [7, 11) is 2.95. The lowest BCUT2D eigenvalue weighted by Crippen LogP contribution is -2.32. The minimum absolute atomic E-state index is 0.0955. The number of carboxylic acids is 1. The molecular formula is C26H25NO6. The summed E-state index contributed by atoms with van der Waals surface area (Å²) in [6, 6.07) is 20.3. The van der Waals surface area contributed by atoms with Crippen LogP contribution in [0.2, 0.25) is 0 Å². The standard InChI is InChI=1S/C26H25NO6/c1-31-22-12-7-13-23(32-2)25(22)21(14-24(28)29)27-26(30)33-15-20-18-10-5-3-8-16(18)17-9-4-6-11-19(17)20/h3-13,20-21H,14-15H2,1-2H3,(H,27,30)(H,28,29)/t21-/m0/s1. The Bertz CT molecular complexity index is 1110. The van der Waals surface area contributed by atoms with Crippen LogP contribution in [0.1, 0.15) is 35.1 Å². The Morgan fingerprint density at radius 3 is 1.94 bits per heavy atom. The van der Waals surface area contributed by atoms with Crippen LogP contribution in [0, 0.1) is 0 Å². The Balaban J connectivity index is 1.54. The highest BCUT2D eigenvalue weighted by molar-refractivity contribution is 5.79. The number of hydrogen-bond acceptors (Lipinski definition) is 5. The van der Waals surface area contributed by atoms with E-state index in [1.807, 2.05) is 36.4 Å². The molecule has 170 valence electrons. The maximum absolute atomic E-state index is 12.8. The van der Waals surface area contributed by atoms with E-state index in [2.05, 4.69) is 17.4 Å². The number of benzene rings is 3. The summed E-state index contributed by atoms with van der Waals surface area (Å²) in [4.78, 5) is 24.3. The van der Waals surface area contributed by atoms with Gasteiger partial charge in [-0.25, -0.2) is 4.79 Å². The average Bonchev–Trinajstić information content (AvgIpc) is 3.15. The number of carbonyl (C=O) groups is 2. The quantitative estimate of drug-likeness (QED) is 0.517. The molecule has 0 heterocycles. The van der Waals surface area contributed by atoms with Gasteiger partial charge in [-0.3, -0.25) is 4.79 Å². The predicted molar refractivity (Wildman–Crippen MR) is 123 cm³/mol. The zero-order valence-corrected chi connectivity index (χ0v) is 18.4. The van der Waals surface area contributed by atoms with Crippen LogP contribution in [-0.2, 0) is 9.53 Å². The molecular weight excluding hydrogens is 422 g/mol. The molecule has 0 saturated heterocycles. The van der Waals surface area contributed by atoms with E-state index in [9.17, 15) is 14.7 Å². The van der Waals surface area contributed by atoms with Gasteiger partial charge in [0.25, 0.3) is 0 Å². The number of amides is 1. The number of aliphatic carboxylic acids is 1. The van der Waals surface area contributed by atoms with E-state index in [1.165, 1.54) is 14.2 Å². The van der Waals surface area contributed by atoms with Gasteiger partial charge in [0, 0.05) is 5.92 Å². The van der Waals surface area contributed by atoms with Gasteiger partial charge in [-0.15, -0.1) is 0 Å². The van der Waals surface area contributed by atoms with E-state index < -0.39 is 18.1 Å². The highest BCUT2D eigenvalue weighted by Crippen LogP contribution is 2.44. The van der Waals surface area contributed by atoms with E-state index in [4.69, 9.17) is 14.2 Å². The van der Waals surface area contributed by atoms with Crippen LogP contribution >= 0.6 is 0 Å². The first-order chi connectivity index (χ1) is 16.0. The second-order valence-corrected chi connectivity index (χ2v) is 7.70. The summed E-state index contributed by atoms with van der Waals surface area (Å²) in [5.41, 5.74) is 4.90. The summed E-state index contributed by atoms with van der Waals surface area (Å²) < 4.78 is 16.4. The van der Waals surface area contributed by atoms with Crippen molar-refractivity contribution in [1.29, 1.82) is 0 Å². The summed E-state index contributed by atoms with van der Waals surface area (Å²) in [5.74, 6) is -0.340. The maximum Gasteiger partial charge on any atom is 0.407 e. The van der Waals surface area contributed by atoms with Crippen LogP contribution < -0.4 is 14.8 Å².